The molecule has 1 aromatic rings. The predicted molar refractivity (Wildman–Crippen MR) is 77.8 cm³/mol. The summed E-state index contributed by atoms with van der Waals surface area (Å²) >= 11 is 0. The molecule has 5 heteroatoms. The number of rotatable bonds is 2. The molecule has 0 bridgehead atoms. The number of amides is 1. The lowest BCUT2D eigenvalue weighted by molar-refractivity contribution is 0.0185. The first-order chi connectivity index (χ1) is 10.2. The summed E-state index contributed by atoms with van der Waals surface area (Å²) in [5.41, 5.74) is 0.711. The highest BCUT2D eigenvalue weighted by molar-refractivity contribution is 5.94. The van der Waals surface area contributed by atoms with E-state index in [4.69, 9.17) is 4.74 Å². The fourth-order valence-electron chi connectivity index (χ4n) is 3.15. The minimum atomic E-state index is -0.391. The molecule has 0 aromatic heterocycles. The van der Waals surface area contributed by atoms with E-state index in [1.165, 1.54) is 0 Å². The Hall–Kier alpha value is -1.46. The summed E-state index contributed by atoms with van der Waals surface area (Å²) < 4.78 is 19.4. The van der Waals surface area contributed by atoms with E-state index in [2.05, 4.69) is 4.90 Å². The summed E-state index contributed by atoms with van der Waals surface area (Å²) in [6.45, 7) is 6.44. The van der Waals surface area contributed by atoms with Gasteiger partial charge in [-0.15, -0.1) is 0 Å². The van der Waals surface area contributed by atoms with Crippen molar-refractivity contribution in [1.29, 1.82) is 0 Å². The van der Waals surface area contributed by atoms with Crippen LogP contribution in [0.1, 0.15) is 22.3 Å². The van der Waals surface area contributed by atoms with E-state index in [0.29, 0.717) is 24.7 Å². The lowest BCUT2D eigenvalue weighted by Gasteiger charge is -2.32. The fourth-order valence-corrected chi connectivity index (χ4v) is 3.15. The van der Waals surface area contributed by atoms with Gasteiger partial charge in [-0.25, -0.2) is 4.39 Å². The summed E-state index contributed by atoms with van der Waals surface area (Å²) in [4.78, 5) is 16.6. The second-order valence-electron chi connectivity index (χ2n) is 5.78. The quantitative estimate of drug-likeness (QED) is 0.831. The Labute approximate surface area is 124 Å². The maximum absolute atomic E-state index is 14.1. The molecule has 0 aliphatic carbocycles. The molecule has 2 fully saturated rings. The molecule has 0 N–H and O–H groups in total. The molecule has 21 heavy (non-hydrogen) atoms. The third kappa shape index (κ3) is 2.94. The number of carbonyl (C=O) groups is 1. The number of ether oxygens (including phenoxy) is 1. The second kappa shape index (κ2) is 6.12. The molecule has 2 aliphatic rings. The van der Waals surface area contributed by atoms with Crippen LogP contribution in [0.4, 0.5) is 4.39 Å². The summed E-state index contributed by atoms with van der Waals surface area (Å²) in [6.07, 6.45) is 0.958. The number of likely N-dealkylation sites (tertiary alicyclic amines) is 1. The first-order valence-electron chi connectivity index (χ1n) is 7.53. The number of nitrogens with zero attached hydrogens (tertiary/aromatic N) is 2. The second-order valence-corrected chi connectivity index (χ2v) is 5.78. The van der Waals surface area contributed by atoms with E-state index in [0.717, 1.165) is 32.7 Å². The Kier molecular flexibility index (Phi) is 4.22. The molecule has 4 nitrogen and oxygen atoms in total. The van der Waals surface area contributed by atoms with Crippen molar-refractivity contribution in [3.63, 3.8) is 0 Å². The number of benzene rings is 1. The summed E-state index contributed by atoms with van der Waals surface area (Å²) in [5, 5.41) is 0. The van der Waals surface area contributed by atoms with Gasteiger partial charge in [-0.05, 0) is 25.0 Å². The smallest absolute Gasteiger partial charge is 0.256 e. The number of hydrogen-bond acceptors (Lipinski definition) is 3. The molecule has 1 aromatic carbocycles. The fraction of sp³-hybridized carbons (Fsp3) is 0.562. The molecule has 0 radical (unpaired) electrons. The van der Waals surface area contributed by atoms with Crippen LogP contribution >= 0.6 is 0 Å². The van der Waals surface area contributed by atoms with Gasteiger partial charge in [0.2, 0.25) is 0 Å². The SMILES string of the molecule is Cc1cccc(C(=O)N2CCC(N3CCOCC3)C2)c1F. The number of halogens is 1. The van der Waals surface area contributed by atoms with Crippen LogP contribution in [0, 0.1) is 12.7 Å². The van der Waals surface area contributed by atoms with Crippen LogP contribution in [0.25, 0.3) is 0 Å². The summed E-state index contributed by atoms with van der Waals surface area (Å²) in [5.74, 6) is -0.579. The van der Waals surface area contributed by atoms with E-state index >= 15 is 0 Å². The Bertz CT molecular complexity index is 529. The number of aryl methyl sites for hydroxylation is 1. The van der Waals surface area contributed by atoms with Gasteiger partial charge in [0.25, 0.3) is 5.91 Å². The van der Waals surface area contributed by atoms with E-state index in [1.807, 2.05) is 0 Å². The highest BCUT2D eigenvalue weighted by atomic mass is 19.1. The maximum Gasteiger partial charge on any atom is 0.256 e. The molecule has 3 rings (SSSR count). The van der Waals surface area contributed by atoms with E-state index in [9.17, 15) is 9.18 Å². The lowest BCUT2D eigenvalue weighted by atomic mass is 10.1. The van der Waals surface area contributed by atoms with Gasteiger partial charge in [0.15, 0.2) is 0 Å². The molecule has 1 amide bonds. The van der Waals surface area contributed by atoms with Crippen LogP contribution in [0.15, 0.2) is 18.2 Å². The molecule has 114 valence electrons. The van der Waals surface area contributed by atoms with Gasteiger partial charge in [-0.1, -0.05) is 12.1 Å². The zero-order valence-electron chi connectivity index (χ0n) is 12.3. The average Bonchev–Trinajstić information content (AvgIpc) is 3.00. The number of carbonyl (C=O) groups excluding carboxylic acids is 1. The van der Waals surface area contributed by atoms with E-state index in [1.54, 1.807) is 30.0 Å². The highest BCUT2D eigenvalue weighted by Crippen LogP contribution is 2.21. The van der Waals surface area contributed by atoms with E-state index < -0.39 is 5.82 Å². The molecular weight excluding hydrogens is 271 g/mol. The van der Waals surface area contributed by atoms with Crippen molar-refractivity contribution in [3.8, 4) is 0 Å². The number of hydrogen-bond donors (Lipinski definition) is 0. The lowest BCUT2D eigenvalue weighted by Crippen LogP contribution is -2.45. The van der Waals surface area contributed by atoms with Crippen molar-refractivity contribution in [2.45, 2.75) is 19.4 Å². The minimum absolute atomic E-state index is 0.188. The third-order valence-corrected chi connectivity index (χ3v) is 4.43. The van der Waals surface area contributed by atoms with Crippen LogP contribution in [-0.2, 0) is 4.74 Å². The van der Waals surface area contributed by atoms with Gasteiger partial charge in [0.05, 0.1) is 18.8 Å². The monoisotopic (exact) mass is 292 g/mol. The molecule has 1 unspecified atom stereocenters. The van der Waals surface area contributed by atoms with Crippen molar-refractivity contribution >= 4 is 5.91 Å². The Morgan fingerprint density at radius 1 is 1.29 bits per heavy atom. The van der Waals surface area contributed by atoms with Crippen LogP contribution in [0.2, 0.25) is 0 Å². The topological polar surface area (TPSA) is 32.8 Å². The van der Waals surface area contributed by atoms with Crippen LogP contribution < -0.4 is 0 Å². The van der Waals surface area contributed by atoms with Gasteiger partial charge < -0.3 is 9.64 Å². The molecule has 1 atom stereocenters. The zero-order valence-corrected chi connectivity index (χ0v) is 12.3. The van der Waals surface area contributed by atoms with Crippen molar-refractivity contribution in [3.05, 3.63) is 35.1 Å². The van der Waals surface area contributed by atoms with Gasteiger partial charge in [-0.2, -0.15) is 0 Å². The first-order valence-corrected chi connectivity index (χ1v) is 7.53. The largest absolute Gasteiger partial charge is 0.379 e. The van der Waals surface area contributed by atoms with Gasteiger partial charge in [-0.3, -0.25) is 9.69 Å². The molecule has 0 saturated carbocycles. The molecule has 2 saturated heterocycles. The Morgan fingerprint density at radius 2 is 2.05 bits per heavy atom. The van der Waals surface area contributed by atoms with E-state index in [-0.39, 0.29) is 11.5 Å². The predicted octanol–water partition coefficient (Wildman–Crippen LogP) is 1.68. The summed E-state index contributed by atoms with van der Waals surface area (Å²) in [7, 11) is 0. The van der Waals surface area contributed by atoms with Crippen LogP contribution in [0.3, 0.4) is 0 Å². The van der Waals surface area contributed by atoms with Crippen molar-refractivity contribution in [1.82, 2.24) is 9.80 Å². The Morgan fingerprint density at radius 3 is 2.81 bits per heavy atom. The minimum Gasteiger partial charge on any atom is -0.379 e. The van der Waals surface area contributed by atoms with Gasteiger partial charge >= 0.3 is 0 Å². The zero-order chi connectivity index (χ0) is 14.8. The maximum atomic E-state index is 14.1. The molecule has 2 heterocycles. The van der Waals surface area contributed by atoms with Crippen LogP contribution in [0.5, 0.6) is 0 Å². The summed E-state index contributed by atoms with van der Waals surface area (Å²) in [6, 6.07) is 5.38. The average molecular weight is 292 g/mol. The van der Waals surface area contributed by atoms with Gasteiger partial charge in [0.1, 0.15) is 5.82 Å². The molecule has 0 spiro atoms. The third-order valence-electron chi connectivity index (χ3n) is 4.43. The normalized spacial score (nSPS) is 23.5. The van der Waals surface area contributed by atoms with Crippen LogP contribution in [-0.4, -0.2) is 61.1 Å². The first kappa shape index (κ1) is 14.5. The standard InChI is InChI=1S/C16H21FN2O2/c1-12-3-2-4-14(15(12)17)16(20)19-6-5-13(11-19)18-7-9-21-10-8-18/h2-4,13H,5-11H2,1H3. The van der Waals surface area contributed by atoms with Crippen molar-refractivity contribution in [2.24, 2.45) is 0 Å². The molecular formula is C16H21FN2O2. The highest BCUT2D eigenvalue weighted by Gasteiger charge is 2.32. The van der Waals surface area contributed by atoms with Gasteiger partial charge in [0, 0.05) is 32.2 Å². The van der Waals surface area contributed by atoms with Crippen molar-refractivity contribution in [2.75, 3.05) is 39.4 Å². The Balaban J connectivity index is 1.68. The van der Waals surface area contributed by atoms with Crippen molar-refractivity contribution < 1.29 is 13.9 Å². The molecule has 2 aliphatic heterocycles. The number of morpholine rings is 1.